The molecular formula is C18H20ClN3O3S. The number of hydrogen-bond acceptors (Lipinski definition) is 4. The quantitative estimate of drug-likeness (QED) is 0.496. The molecule has 2 rings (SSSR count). The SMILES string of the molecule is COc1ccccc1OCC(=O)NNC(=S)NCCc1ccc(Cl)cc1. The van der Waals surface area contributed by atoms with E-state index in [9.17, 15) is 4.79 Å². The summed E-state index contributed by atoms with van der Waals surface area (Å²) in [7, 11) is 1.54. The van der Waals surface area contributed by atoms with Crippen molar-refractivity contribution in [2.75, 3.05) is 20.3 Å². The molecule has 0 fully saturated rings. The highest BCUT2D eigenvalue weighted by molar-refractivity contribution is 7.80. The lowest BCUT2D eigenvalue weighted by Gasteiger charge is -2.13. The largest absolute Gasteiger partial charge is 0.493 e. The van der Waals surface area contributed by atoms with Gasteiger partial charge in [0, 0.05) is 11.6 Å². The lowest BCUT2D eigenvalue weighted by atomic mass is 10.1. The van der Waals surface area contributed by atoms with Crippen LogP contribution in [-0.4, -0.2) is 31.3 Å². The molecule has 0 saturated heterocycles. The van der Waals surface area contributed by atoms with E-state index in [1.807, 2.05) is 30.3 Å². The van der Waals surface area contributed by atoms with Gasteiger partial charge in [-0.3, -0.25) is 15.6 Å². The number of carbonyl (C=O) groups is 1. The van der Waals surface area contributed by atoms with Gasteiger partial charge >= 0.3 is 0 Å². The third kappa shape index (κ3) is 6.78. The van der Waals surface area contributed by atoms with Crippen LogP contribution in [-0.2, 0) is 11.2 Å². The fourth-order valence-electron chi connectivity index (χ4n) is 2.06. The summed E-state index contributed by atoms with van der Waals surface area (Å²) in [6, 6.07) is 14.7. The number of halogens is 1. The molecule has 3 N–H and O–H groups in total. The Labute approximate surface area is 162 Å². The zero-order valence-electron chi connectivity index (χ0n) is 14.3. The second-order valence-corrected chi connectivity index (χ2v) is 6.09. The van der Waals surface area contributed by atoms with E-state index < -0.39 is 0 Å². The molecule has 2 aromatic rings. The number of amides is 1. The van der Waals surface area contributed by atoms with Crippen LogP contribution in [0.3, 0.4) is 0 Å². The summed E-state index contributed by atoms with van der Waals surface area (Å²) < 4.78 is 10.6. The van der Waals surface area contributed by atoms with Gasteiger partial charge in [-0.25, -0.2) is 0 Å². The summed E-state index contributed by atoms with van der Waals surface area (Å²) in [5.74, 6) is 0.694. The topological polar surface area (TPSA) is 71.6 Å². The van der Waals surface area contributed by atoms with Crippen LogP contribution >= 0.6 is 23.8 Å². The molecule has 8 heteroatoms. The maximum Gasteiger partial charge on any atom is 0.276 e. The van der Waals surface area contributed by atoms with Crippen LogP contribution in [0.4, 0.5) is 0 Å². The summed E-state index contributed by atoms with van der Waals surface area (Å²) in [6.07, 6.45) is 0.782. The van der Waals surface area contributed by atoms with Gasteiger partial charge < -0.3 is 14.8 Å². The molecule has 1 amide bonds. The van der Waals surface area contributed by atoms with Crippen LogP contribution in [0.15, 0.2) is 48.5 Å². The molecule has 26 heavy (non-hydrogen) atoms. The van der Waals surface area contributed by atoms with Crippen molar-refractivity contribution >= 4 is 34.8 Å². The summed E-state index contributed by atoms with van der Waals surface area (Å²) in [5, 5.41) is 4.03. The molecule has 0 saturated carbocycles. The second-order valence-electron chi connectivity index (χ2n) is 5.25. The van der Waals surface area contributed by atoms with E-state index >= 15 is 0 Å². The number of thiocarbonyl (C=S) groups is 1. The summed E-state index contributed by atoms with van der Waals surface area (Å²) >= 11 is 11.0. The van der Waals surface area contributed by atoms with Gasteiger partial charge in [-0.2, -0.15) is 0 Å². The Bertz CT molecular complexity index is 741. The van der Waals surface area contributed by atoms with E-state index in [2.05, 4.69) is 16.2 Å². The van der Waals surface area contributed by atoms with Gasteiger partial charge in [0.1, 0.15) is 0 Å². The van der Waals surface area contributed by atoms with Crippen LogP contribution in [0.25, 0.3) is 0 Å². The van der Waals surface area contributed by atoms with Crippen molar-refractivity contribution in [1.82, 2.24) is 16.2 Å². The van der Waals surface area contributed by atoms with Crippen LogP contribution in [0.1, 0.15) is 5.56 Å². The Morgan fingerprint density at radius 1 is 1.08 bits per heavy atom. The first-order valence-corrected chi connectivity index (χ1v) is 8.70. The zero-order chi connectivity index (χ0) is 18.8. The van der Waals surface area contributed by atoms with Crippen molar-refractivity contribution in [2.24, 2.45) is 0 Å². The molecule has 0 aliphatic carbocycles. The number of nitrogens with one attached hydrogen (secondary N) is 3. The number of methoxy groups -OCH3 is 1. The van der Waals surface area contributed by atoms with E-state index in [1.165, 1.54) is 7.11 Å². The fourth-order valence-corrected chi connectivity index (χ4v) is 2.34. The van der Waals surface area contributed by atoms with E-state index in [4.69, 9.17) is 33.3 Å². The van der Waals surface area contributed by atoms with Gasteiger partial charge in [-0.05, 0) is 48.5 Å². The predicted molar refractivity (Wildman–Crippen MR) is 106 cm³/mol. The van der Waals surface area contributed by atoms with Crippen LogP contribution in [0.2, 0.25) is 5.02 Å². The molecule has 0 unspecified atom stereocenters. The minimum atomic E-state index is -0.363. The van der Waals surface area contributed by atoms with Crippen LogP contribution in [0, 0.1) is 0 Å². The van der Waals surface area contributed by atoms with Gasteiger partial charge in [0.2, 0.25) is 0 Å². The van der Waals surface area contributed by atoms with Gasteiger partial charge in [-0.1, -0.05) is 35.9 Å². The van der Waals surface area contributed by atoms with E-state index in [1.54, 1.807) is 18.2 Å². The predicted octanol–water partition coefficient (Wildman–Crippen LogP) is 2.47. The molecule has 0 radical (unpaired) electrons. The number of ether oxygens (including phenoxy) is 2. The highest BCUT2D eigenvalue weighted by Crippen LogP contribution is 2.25. The first-order valence-electron chi connectivity index (χ1n) is 7.91. The number of hydrazine groups is 1. The van der Waals surface area contributed by atoms with Crippen molar-refractivity contribution in [3.63, 3.8) is 0 Å². The lowest BCUT2D eigenvalue weighted by molar-refractivity contribution is -0.123. The summed E-state index contributed by atoms with van der Waals surface area (Å²) in [4.78, 5) is 11.8. The maximum absolute atomic E-state index is 11.8. The van der Waals surface area contributed by atoms with Gasteiger partial charge in [0.15, 0.2) is 23.2 Å². The molecule has 0 atom stereocenters. The summed E-state index contributed by atoms with van der Waals surface area (Å²) in [6.45, 7) is 0.460. The molecule has 0 heterocycles. The Morgan fingerprint density at radius 3 is 2.46 bits per heavy atom. The van der Waals surface area contributed by atoms with Gasteiger partial charge in [0.25, 0.3) is 5.91 Å². The minimum absolute atomic E-state index is 0.166. The van der Waals surface area contributed by atoms with Crippen molar-refractivity contribution in [2.45, 2.75) is 6.42 Å². The fraction of sp³-hybridized carbons (Fsp3) is 0.222. The second kappa shape index (κ2) is 10.5. The van der Waals surface area contributed by atoms with Crippen LogP contribution < -0.4 is 25.6 Å². The van der Waals surface area contributed by atoms with E-state index in [-0.39, 0.29) is 12.5 Å². The van der Waals surface area contributed by atoms with Gasteiger partial charge in [-0.15, -0.1) is 0 Å². The molecule has 0 aliphatic heterocycles. The molecule has 6 nitrogen and oxygen atoms in total. The monoisotopic (exact) mass is 393 g/mol. The molecular weight excluding hydrogens is 374 g/mol. The summed E-state index contributed by atoms with van der Waals surface area (Å²) in [5.41, 5.74) is 6.24. The lowest BCUT2D eigenvalue weighted by Crippen LogP contribution is -2.48. The Kier molecular flexibility index (Phi) is 7.98. The standard InChI is InChI=1S/C18H20ClN3O3S/c1-24-15-4-2-3-5-16(15)25-12-17(23)21-22-18(26)20-11-10-13-6-8-14(19)9-7-13/h2-9H,10-12H2,1H3,(H,21,23)(H2,20,22,26). The first kappa shape index (κ1) is 19.8. The Hall–Kier alpha value is -2.51. The Balaban J connectivity index is 1.63. The number of carbonyl (C=O) groups excluding carboxylic acids is 1. The van der Waals surface area contributed by atoms with Crippen LogP contribution in [0.5, 0.6) is 11.5 Å². The van der Waals surface area contributed by atoms with E-state index in [0.717, 1.165) is 12.0 Å². The average molecular weight is 394 g/mol. The van der Waals surface area contributed by atoms with Crippen molar-refractivity contribution in [1.29, 1.82) is 0 Å². The van der Waals surface area contributed by atoms with E-state index in [0.29, 0.717) is 28.2 Å². The normalized spacial score (nSPS) is 9.92. The Morgan fingerprint density at radius 2 is 1.77 bits per heavy atom. The van der Waals surface area contributed by atoms with Gasteiger partial charge in [0.05, 0.1) is 7.11 Å². The number of hydrogen-bond donors (Lipinski definition) is 3. The highest BCUT2D eigenvalue weighted by atomic mass is 35.5. The number of para-hydroxylation sites is 2. The molecule has 0 aromatic heterocycles. The zero-order valence-corrected chi connectivity index (χ0v) is 15.8. The minimum Gasteiger partial charge on any atom is -0.493 e. The molecule has 0 bridgehead atoms. The molecule has 0 aliphatic rings. The average Bonchev–Trinajstić information content (AvgIpc) is 2.66. The third-order valence-electron chi connectivity index (χ3n) is 3.36. The molecule has 0 spiro atoms. The smallest absolute Gasteiger partial charge is 0.276 e. The van der Waals surface area contributed by atoms with Crippen molar-refractivity contribution in [3.8, 4) is 11.5 Å². The number of rotatable bonds is 7. The number of benzene rings is 2. The molecule has 138 valence electrons. The molecule has 2 aromatic carbocycles. The van der Waals surface area contributed by atoms with Crippen molar-refractivity contribution in [3.05, 3.63) is 59.1 Å². The maximum atomic E-state index is 11.8. The first-order chi connectivity index (χ1) is 12.6. The third-order valence-corrected chi connectivity index (χ3v) is 3.85. The highest BCUT2D eigenvalue weighted by Gasteiger charge is 2.07. The van der Waals surface area contributed by atoms with Crippen molar-refractivity contribution < 1.29 is 14.3 Å².